The van der Waals surface area contributed by atoms with Crippen LogP contribution in [-0.2, 0) is 47.1 Å². The summed E-state index contributed by atoms with van der Waals surface area (Å²) in [6.45, 7) is 2.71. The van der Waals surface area contributed by atoms with E-state index in [2.05, 4.69) is 16.4 Å². The summed E-state index contributed by atoms with van der Waals surface area (Å²) in [4.78, 5) is 44.7. The molecule has 0 spiro atoms. The van der Waals surface area contributed by atoms with Gasteiger partial charge in [-0.1, -0.05) is 48.5 Å². The van der Waals surface area contributed by atoms with Gasteiger partial charge in [0.1, 0.15) is 5.78 Å². The molecule has 2 aromatic rings. The molecule has 3 atom stereocenters. The van der Waals surface area contributed by atoms with Crippen molar-refractivity contribution in [2.45, 2.75) is 58.0 Å². The average Bonchev–Trinajstić information content (AvgIpc) is 2.95. The molecule has 13 heteroatoms. The Labute approximate surface area is 258 Å². The Morgan fingerprint density at radius 1 is 1.02 bits per heavy atom. The predicted molar refractivity (Wildman–Crippen MR) is 136 cm³/mol. The molecule has 219 valence electrons. The van der Waals surface area contributed by atoms with E-state index in [0.29, 0.717) is 22.5 Å². The van der Waals surface area contributed by atoms with Crippen LogP contribution in [0.15, 0.2) is 47.5 Å². The van der Waals surface area contributed by atoms with Crippen molar-refractivity contribution in [2.75, 3.05) is 11.9 Å². The van der Waals surface area contributed by atoms with Crippen LogP contribution < -0.4 is 10.2 Å². The number of carbonyl (C=O) groups excluding carboxylic acids is 3. The Morgan fingerprint density at radius 3 is 2.12 bits per heavy atom. The molecule has 0 aromatic heterocycles. The Kier molecular flexibility index (Phi) is 11.9. The van der Waals surface area contributed by atoms with Gasteiger partial charge in [0.05, 0.1) is 5.71 Å². The Balaban J connectivity index is 0.00000588. The van der Waals surface area contributed by atoms with Gasteiger partial charge in [0.25, 0.3) is 5.91 Å². The second kappa shape index (κ2) is 14.0. The molecular weight excluding hydrogens is 629 g/mol. The van der Waals surface area contributed by atoms with Crippen molar-refractivity contribution >= 4 is 29.0 Å². The summed E-state index contributed by atoms with van der Waals surface area (Å²) in [6, 6.07) is 15.0. The van der Waals surface area contributed by atoms with Gasteiger partial charge in [-0.25, -0.2) is 0 Å². The van der Waals surface area contributed by atoms with Gasteiger partial charge in [-0.05, 0) is 25.3 Å². The topological polar surface area (TPSA) is 78.8 Å². The van der Waals surface area contributed by atoms with Gasteiger partial charge in [0, 0.05) is 64.4 Å². The van der Waals surface area contributed by atoms with Gasteiger partial charge in [0.15, 0.2) is 0 Å². The van der Waals surface area contributed by atoms with Crippen LogP contribution in [0.2, 0.25) is 0 Å². The average molecular weight is 657 g/mol. The van der Waals surface area contributed by atoms with Gasteiger partial charge in [-0.2, -0.15) is 50.1 Å². The molecule has 0 saturated carbocycles. The number of Topliss-reactive ketones (excluding diaryl/α,β-unsaturated/α-hetero) is 1. The molecule has 1 radical (unpaired) electrons. The molecule has 0 bridgehead atoms. The number of likely N-dealkylation sites (N-methyl/N-ethyl adjacent to an activating group) is 1. The van der Waals surface area contributed by atoms with E-state index in [1.807, 2.05) is 0 Å². The molecular formula is C28H28F6N3O3Y-. The first-order valence-corrected chi connectivity index (χ1v) is 12.4. The number of ketones is 1. The van der Waals surface area contributed by atoms with Gasteiger partial charge in [-0.15, -0.1) is 0 Å². The molecule has 2 amide bonds. The van der Waals surface area contributed by atoms with E-state index in [0.717, 1.165) is 12.5 Å². The number of aliphatic imine (C=N–C) groups is 1. The van der Waals surface area contributed by atoms with Crippen molar-refractivity contribution in [3.63, 3.8) is 0 Å². The number of anilines is 1. The van der Waals surface area contributed by atoms with E-state index in [9.17, 15) is 40.7 Å². The van der Waals surface area contributed by atoms with Crippen molar-refractivity contribution in [3.05, 3.63) is 65.2 Å². The van der Waals surface area contributed by atoms with E-state index < -0.39 is 73.6 Å². The number of nitrogens with one attached hydrogen (secondary N) is 1. The summed E-state index contributed by atoms with van der Waals surface area (Å²) in [6.07, 6.45) is -15.8. The maximum atomic E-state index is 13.4. The SMILES string of the molecule is CC(=O)[C@@H](CCC(F)(F)F)[C@@H](CCC(F)(F)F)C(=O)N[C@H]1N=C(c2ccccc2)c2cc(C)[c-]cc2N(C)C1=O.[Y]. The molecule has 0 unspecified atom stereocenters. The molecule has 1 aliphatic rings. The number of benzodiazepines with no additional fused rings is 1. The normalized spacial score (nSPS) is 17.0. The standard InChI is InChI=1S/C28H28F6N3O3.Y/c1-16-9-10-22-21(15-16)23(18-7-5-4-6-8-18)35-24(26(40)37(22)3)36-25(39)20(12-14-28(32,33)34)19(17(2)38)11-13-27(29,30)31;/h4-8,10,15,19-20,24H,11-14H2,1-3H3,(H,36,39);/q-1;/t19-,20-,24-;/m1./s1. The second-order valence-corrected chi connectivity index (χ2v) is 9.70. The predicted octanol–water partition coefficient (Wildman–Crippen LogP) is 5.56. The second-order valence-electron chi connectivity index (χ2n) is 9.70. The van der Waals surface area contributed by atoms with Crippen LogP contribution in [0, 0.1) is 24.8 Å². The van der Waals surface area contributed by atoms with Crippen molar-refractivity contribution in [1.29, 1.82) is 0 Å². The van der Waals surface area contributed by atoms with Crippen molar-refractivity contribution in [3.8, 4) is 0 Å². The van der Waals surface area contributed by atoms with E-state index in [1.165, 1.54) is 11.9 Å². The minimum atomic E-state index is -4.73. The molecule has 0 fully saturated rings. The third-order valence-corrected chi connectivity index (χ3v) is 6.66. The van der Waals surface area contributed by atoms with Crippen LogP contribution in [-0.4, -0.2) is 48.9 Å². The minimum absolute atomic E-state index is 0. The number of fused-ring (bicyclic) bond motifs is 1. The Bertz CT molecular complexity index is 1280. The molecule has 6 nitrogen and oxygen atoms in total. The summed E-state index contributed by atoms with van der Waals surface area (Å²) in [5.74, 6) is -6.17. The number of alkyl halides is 6. The number of amides is 2. The fourth-order valence-electron chi connectivity index (χ4n) is 4.62. The van der Waals surface area contributed by atoms with Crippen molar-refractivity contribution in [1.82, 2.24) is 5.32 Å². The van der Waals surface area contributed by atoms with Crippen LogP contribution in [0.25, 0.3) is 0 Å². The van der Waals surface area contributed by atoms with Gasteiger partial charge < -0.3 is 10.2 Å². The number of aryl methyl sites for hydroxylation is 1. The maximum Gasteiger partial charge on any atom is 0.389 e. The van der Waals surface area contributed by atoms with Crippen LogP contribution in [0.4, 0.5) is 32.0 Å². The van der Waals surface area contributed by atoms with Gasteiger partial charge >= 0.3 is 12.4 Å². The monoisotopic (exact) mass is 657 g/mol. The molecule has 0 aliphatic carbocycles. The summed E-state index contributed by atoms with van der Waals surface area (Å²) < 4.78 is 78.1. The van der Waals surface area contributed by atoms with E-state index in [1.54, 1.807) is 49.4 Å². The number of rotatable bonds is 9. The smallest absolute Gasteiger partial charge is 0.365 e. The first kappa shape index (κ1) is 34.6. The van der Waals surface area contributed by atoms with E-state index in [4.69, 9.17) is 0 Å². The van der Waals surface area contributed by atoms with Gasteiger partial charge in [-0.3, -0.25) is 19.4 Å². The van der Waals surface area contributed by atoms with Crippen LogP contribution in [0.3, 0.4) is 0 Å². The Hall–Kier alpha value is -2.60. The Morgan fingerprint density at radius 2 is 1.59 bits per heavy atom. The van der Waals surface area contributed by atoms with Crippen molar-refractivity contribution < 1.29 is 73.4 Å². The summed E-state index contributed by atoms with van der Waals surface area (Å²) in [5.41, 5.74) is 2.57. The fraction of sp³-hybridized carbons (Fsp3) is 0.429. The molecule has 1 N–H and O–H groups in total. The first-order chi connectivity index (χ1) is 18.6. The third-order valence-electron chi connectivity index (χ3n) is 6.66. The fourth-order valence-corrected chi connectivity index (χ4v) is 4.62. The molecule has 41 heavy (non-hydrogen) atoms. The quantitative estimate of drug-likeness (QED) is 0.284. The summed E-state index contributed by atoms with van der Waals surface area (Å²) in [5, 5.41) is 2.33. The molecule has 0 saturated heterocycles. The number of benzene rings is 2. The number of hydrogen-bond donors (Lipinski definition) is 1. The molecule has 1 heterocycles. The third kappa shape index (κ3) is 9.46. The number of nitrogens with zero attached hydrogens (tertiary/aromatic N) is 2. The first-order valence-electron chi connectivity index (χ1n) is 12.4. The summed E-state index contributed by atoms with van der Waals surface area (Å²) >= 11 is 0. The largest absolute Gasteiger partial charge is 0.389 e. The molecule has 1 aliphatic heterocycles. The van der Waals surface area contributed by atoms with E-state index >= 15 is 0 Å². The zero-order valence-electron chi connectivity index (χ0n) is 22.6. The zero-order valence-corrected chi connectivity index (χ0v) is 25.4. The van der Waals surface area contributed by atoms with Gasteiger partial charge in [0.2, 0.25) is 12.1 Å². The van der Waals surface area contributed by atoms with Crippen molar-refractivity contribution in [2.24, 2.45) is 16.8 Å². The van der Waals surface area contributed by atoms with Crippen LogP contribution in [0.5, 0.6) is 0 Å². The maximum absolute atomic E-state index is 13.4. The minimum Gasteiger partial charge on any atom is -0.365 e. The van der Waals surface area contributed by atoms with Crippen LogP contribution >= 0.6 is 0 Å². The number of hydrogen-bond acceptors (Lipinski definition) is 4. The number of carbonyl (C=O) groups is 3. The molecule has 3 rings (SSSR count). The number of halogens is 6. The van der Waals surface area contributed by atoms with Crippen LogP contribution in [0.1, 0.15) is 49.3 Å². The summed E-state index contributed by atoms with van der Waals surface area (Å²) in [7, 11) is 1.43. The van der Waals surface area contributed by atoms with E-state index in [-0.39, 0.29) is 32.7 Å². The molecule has 2 aromatic carbocycles. The zero-order chi connectivity index (χ0) is 29.8.